The number of halogens is 1. The van der Waals surface area contributed by atoms with Crippen molar-refractivity contribution in [3.63, 3.8) is 0 Å². The molecule has 1 N–H and O–H groups in total. The molecule has 9 heteroatoms. The number of fused-ring (bicyclic) bond motifs is 1. The average Bonchev–Trinajstić information content (AvgIpc) is 3.33. The third-order valence-electron chi connectivity index (χ3n) is 6.13. The van der Waals surface area contributed by atoms with Gasteiger partial charge in [-0.05, 0) is 35.7 Å². The molecule has 6 nitrogen and oxygen atoms in total. The average molecular weight is 532 g/mol. The van der Waals surface area contributed by atoms with Crippen molar-refractivity contribution < 1.29 is 18.8 Å². The third kappa shape index (κ3) is 5.19. The zero-order valence-electron chi connectivity index (χ0n) is 19.6. The van der Waals surface area contributed by atoms with Gasteiger partial charge in [0.1, 0.15) is 16.7 Å². The number of benzene rings is 3. The van der Waals surface area contributed by atoms with Crippen molar-refractivity contribution in [3.8, 4) is 0 Å². The quantitative estimate of drug-likeness (QED) is 0.364. The van der Waals surface area contributed by atoms with Crippen LogP contribution in [-0.2, 0) is 27.3 Å². The Balaban J connectivity index is 1.34. The molecule has 3 aromatic rings. The predicted octanol–water partition coefficient (Wildman–Crippen LogP) is 4.30. The molecule has 0 radical (unpaired) electrons. The highest BCUT2D eigenvalue weighted by Crippen LogP contribution is 2.44. The van der Waals surface area contributed by atoms with E-state index in [-0.39, 0.29) is 41.2 Å². The minimum atomic E-state index is -0.415. The smallest absolute Gasteiger partial charge is 0.267 e. The van der Waals surface area contributed by atoms with Gasteiger partial charge in [0.25, 0.3) is 11.8 Å². The van der Waals surface area contributed by atoms with Crippen molar-refractivity contribution in [2.24, 2.45) is 0 Å². The fraction of sp³-hybridized carbons (Fsp3) is 0.143. The maximum atomic E-state index is 13.6. The van der Waals surface area contributed by atoms with E-state index in [0.717, 1.165) is 22.9 Å². The lowest BCUT2D eigenvalue weighted by molar-refractivity contribution is -0.122. The van der Waals surface area contributed by atoms with E-state index in [1.54, 1.807) is 36.4 Å². The van der Waals surface area contributed by atoms with E-state index in [1.165, 1.54) is 21.9 Å². The van der Waals surface area contributed by atoms with E-state index >= 15 is 0 Å². The van der Waals surface area contributed by atoms with E-state index < -0.39 is 5.91 Å². The Hall–Kier alpha value is -3.82. The Labute approximate surface area is 223 Å². The molecule has 0 saturated carbocycles. The van der Waals surface area contributed by atoms with Crippen LogP contribution in [0.2, 0.25) is 0 Å². The molecule has 37 heavy (non-hydrogen) atoms. The molecule has 2 heterocycles. The molecule has 2 aliphatic rings. The van der Waals surface area contributed by atoms with Crippen molar-refractivity contribution in [2.75, 3.05) is 18.0 Å². The van der Waals surface area contributed by atoms with E-state index in [0.29, 0.717) is 28.5 Å². The second kappa shape index (κ2) is 10.7. The normalized spacial score (nSPS) is 16.9. The van der Waals surface area contributed by atoms with Gasteiger partial charge in [-0.15, -0.1) is 0 Å². The molecular formula is C28H22FN3O3S2. The highest BCUT2D eigenvalue weighted by atomic mass is 32.2. The van der Waals surface area contributed by atoms with Gasteiger partial charge in [0, 0.05) is 12.1 Å². The van der Waals surface area contributed by atoms with Gasteiger partial charge in [-0.3, -0.25) is 24.2 Å². The van der Waals surface area contributed by atoms with Gasteiger partial charge in [-0.2, -0.15) is 0 Å². The molecule has 0 atom stereocenters. The second-order valence-corrected chi connectivity index (χ2v) is 10.2. The van der Waals surface area contributed by atoms with Crippen LogP contribution >= 0.6 is 24.0 Å². The molecule has 0 bridgehead atoms. The topological polar surface area (TPSA) is 69.7 Å². The second-order valence-electron chi connectivity index (χ2n) is 8.58. The van der Waals surface area contributed by atoms with E-state index in [2.05, 4.69) is 5.32 Å². The van der Waals surface area contributed by atoms with Crippen LogP contribution in [0.15, 0.2) is 83.8 Å². The summed E-state index contributed by atoms with van der Waals surface area (Å²) in [6.45, 7) is 0.455. The molecule has 2 aliphatic heterocycles. The third-order valence-corrected chi connectivity index (χ3v) is 7.58. The first-order valence-corrected chi connectivity index (χ1v) is 12.9. The van der Waals surface area contributed by atoms with Crippen LogP contribution in [0.25, 0.3) is 5.57 Å². The van der Waals surface area contributed by atoms with Gasteiger partial charge >= 0.3 is 0 Å². The number of nitrogens with zero attached hydrogens (tertiary/aromatic N) is 2. The first-order valence-electron chi connectivity index (χ1n) is 11.7. The van der Waals surface area contributed by atoms with Gasteiger partial charge in [0.05, 0.1) is 22.7 Å². The van der Waals surface area contributed by atoms with Gasteiger partial charge in [-0.1, -0.05) is 84.6 Å². The molecule has 186 valence electrons. The van der Waals surface area contributed by atoms with Crippen molar-refractivity contribution in [2.45, 2.75) is 13.0 Å². The number of nitrogens with one attached hydrogen (secondary N) is 1. The Morgan fingerprint density at radius 2 is 1.57 bits per heavy atom. The number of hydrogen-bond donors (Lipinski definition) is 1. The minimum Gasteiger partial charge on any atom is -0.354 e. The van der Waals surface area contributed by atoms with E-state index in [9.17, 15) is 18.8 Å². The Morgan fingerprint density at radius 3 is 2.32 bits per heavy atom. The first-order chi connectivity index (χ1) is 17.9. The highest BCUT2D eigenvalue weighted by molar-refractivity contribution is 8.26. The number of anilines is 1. The highest BCUT2D eigenvalue weighted by Gasteiger charge is 2.42. The monoisotopic (exact) mass is 531 g/mol. The summed E-state index contributed by atoms with van der Waals surface area (Å²) < 4.78 is 13.6. The van der Waals surface area contributed by atoms with Crippen molar-refractivity contribution >= 4 is 57.3 Å². The van der Waals surface area contributed by atoms with Crippen molar-refractivity contribution in [1.29, 1.82) is 0 Å². The molecule has 0 aromatic heterocycles. The lowest BCUT2D eigenvalue weighted by atomic mass is 10.1. The van der Waals surface area contributed by atoms with Crippen LogP contribution in [0.3, 0.4) is 0 Å². The van der Waals surface area contributed by atoms with Crippen molar-refractivity contribution in [3.05, 3.63) is 106 Å². The summed E-state index contributed by atoms with van der Waals surface area (Å²) in [6, 6.07) is 22.7. The van der Waals surface area contributed by atoms with Crippen LogP contribution in [0.4, 0.5) is 10.1 Å². The van der Waals surface area contributed by atoms with Crippen LogP contribution in [0, 0.1) is 5.82 Å². The molecule has 1 saturated heterocycles. The summed E-state index contributed by atoms with van der Waals surface area (Å²) in [7, 11) is 0. The summed E-state index contributed by atoms with van der Waals surface area (Å²) >= 11 is 6.52. The Morgan fingerprint density at radius 1 is 0.865 bits per heavy atom. The number of hydrogen-bond acceptors (Lipinski definition) is 5. The molecule has 5 rings (SSSR count). The van der Waals surface area contributed by atoms with Gasteiger partial charge in [0.15, 0.2) is 0 Å². The van der Waals surface area contributed by atoms with Crippen LogP contribution in [0.1, 0.15) is 16.7 Å². The molecule has 0 unspecified atom stereocenters. The first kappa shape index (κ1) is 24.9. The van der Waals surface area contributed by atoms with Gasteiger partial charge in [0.2, 0.25) is 5.91 Å². The minimum absolute atomic E-state index is 0.163. The van der Waals surface area contributed by atoms with Crippen molar-refractivity contribution in [1.82, 2.24) is 10.2 Å². The summed E-state index contributed by atoms with van der Waals surface area (Å²) in [6.07, 6.45) is 0.679. The Kier molecular flexibility index (Phi) is 7.16. The summed E-state index contributed by atoms with van der Waals surface area (Å²) in [5.41, 5.74) is 3.23. The molecule has 0 aliphatic carbocycles. The number of thiocarbonyl (C=S) groups is 1. The predicted molar refractivity (Wildman–Crippen MR) is 146 cm³/mol. The largest absolute Gasteiger partial charge is 0.354 e. The van der Waals surface area contributed by atoms with Gasteiger partial charge in [-0.25, -0.2) is 4.39 Å². The van der Waals surface area contributed by atoms with E-state index in [4.69, 9.17) is 12.2 Å². The lowest BCUT2D eigenvalue weighted by Crippen LogP contribution is -2.39. The van der Waals surface area contributed by atoms with E-state index in [1.807, 2.05) is 30.3 Å². The standard InChI is InChI=1S/C28H22FN3O3S2/c29-20-12-10-19(11-13-20)16-32-27(35)25(37-28(32)36)24-21-8-4-5-9-22(21)31(26(24)34)17-23(33)30-15-14-18-6-2-1-3-7-18/h1-13H,14-17H2,(H,30,33). The maximum absolute atomic E-state index is 13.6. The lowest BCUT2D eigenvalue weighted by Gasteiger charge is -2.17. The Bertz CT molecular complexity index is 1420. The van der Waals surface area contributed by atoms with Crippen LogP contribution in [0.5, 0.6) is 0 Å². The molecule has 3 amide bonds. The number of amides is 3. The summed E-state index contributed by atoms with van der Waals surface area (Å²) in [5.74, 6) is -1.45. The maximum Gasteiger partial charge on any atom is 0.267 e. The molecule has 0 spiro atoms. The summed E-state index contributed by atoms with van der Waals surface area (Å²) in [5, 5.41) is 2.87. The molecular weight excluding hydrogens is 509 g/mol. The molecule has 1 fully saturated rings. The van der Waals surface area contributed by atoms with Crippen LogP contribution in [-0.4, -0.2) is 40.0 Å². The summed E-state index contributed by atoms with van der Waals surface area (Å²) in [4.78, 5) is 42.7. The SMILES string of the molecule is O=C(CN1C(=O)C(=C2SC(=S)N(Cc3ccc(F)cc3)C2=O)c2ccccc21)NCCc1ccccc1. The zero-order valence-corrected chi connectivity index (χ0v) is 21.3. The molecule has 3 aromatic carbocycles. The number of carbonyl (C=O) groups is 3. The number of rotatable bonds is 7. The van der Waals surface area contributed by atoms with Gasteiger partial charge < -0.3 is 5.32 Å². The van der Waals surface area contributed by atoms with Crippen LogP contribution < -0.4 is 10.2 Å². The fourth-order valence-electron chi connectivity index (χ4n) is 4.31. The number of carbonyl (C=O) groups excluding carboxylic acids is 3. The fourth-order valence-corrected chi connectivity index (χ4v) is 5.63. The number of para-hydroxylation sites is 1. The zero-order chi connectivity index (χ0) is 25.9. The number of thioether (sulfide) groups is 1.